The third-order valence-corrected chi connectivity index (χ3v) is 2.17. The van der Waals surface area contributed by atoms with Crippen molar-refractivity contribution in [1.82, 2.24) is 0 Å². The molecular weight excluding hydrogens is 174 g/mol. The van der Waals surface area contributed by atoms with Gasteiger partial charge in [-0.25, -0.2) is 0 Å². The van der Waals surface area contributed by atoms with E-state index in [0.717, 1.165) is 0 Å². The van der Waals surface area contributed by atoms with E-state index in [1.165, 1.54) is 0 Å². The van der Waals surface area contributed by atoms with E-state index in [-0.39, 0.29) is 6.61 Å². The van der Waals surface area contributed by atoms with E-state index >= 15 is 0 Å². The number of hydrogen-bond donors (Lipinski definition) is 1. The molecule has 1 unspecified atom stereocenters. The van der Waals surface area contributed by atoms with Gasteiger partial charge < -0.3 is 9.84 Å². The lowest BCUT2D eigenvalue weighted by molar-refractivity contribution is 0.0970. The number of halogens is 1. The molecule has 0 saturated carbocycles. The molecule has 1 aromatic carbocycles. The lowest BCUT2D eigenvalue weighted by atomic mass is 9.77. The monoisotopic (exact) mass is 180 g/mol. The van der Waals surface area contributed by atoms with Crippen LogP contribution in [0, 0.1) is 0 Å². The Morgan fingerprint density at radius 2 is 2.33 bits per heavy atom. The Hall–Kier alpha value is -0.665. The van der Waals surface area contributed by atoms with Gasteiger partial charge in [-0.3, -0.25) is 0 Å². The Morgan fingerprint density at radius 3 is 3.00 bits per heavy atom. The zero-order valence-corrected chi connectivity index (χ0v) is 7.01. The molecule has 0 saturated heterocycles. The first kappa shape index (κ1) is 7.96. The largest absolute Gasteiger partial charge is 0.491 e. The number of hydrogen-bond acceptors (Lipinski definition) is 2. The Labute approximate surface area is 76.5 Å². The maximum Gasteiger partial charge on any atom is 0.126 e. The highest BCUT2D eigenvalue weighted by atomic mass is 35.5. The number of benzene rings is 1. The van der Waals surface area contributed by atoms with Crippen LogP contribution in [0.3, 0.4) is 0 Å². The molecule has 0 bridgehead atoms. The second-order valence-corrected chi connectivity index (χ2v) is 3.23. The van der Waals surface area contributed by atoms with E-state index in [1.807, 2.05) is 0 Å². The highest BCUT2D eigenvalue weighted by molar-refractivity contribution is 6.32. The lowest BCUT2D eigenvalue weighted by Gasteiger charge is -2.15. The van der Waals surface area contributed by atoms with Crippen molar-refractivity contribution in [3.63, 3.8) is 0 Å². The summed E-state index contributed by atoms with van der Waals surface area (Å²) in [6.07, 6.45) is 0. The summed E-state index contributed by atoms with van der Waals surface area (Å²) in [4.78, 5) is 0. The van der Waals surface area contributed by atoms with Gasteiger partial charge in [0.1, 0.15) is 20.2 Å². The van der Waals surface area contributed by atoms with Crippen LogP contribution in [0.1, 0.15) is 5.56 Å². The molecule has 1 aromatic rings. The zero-order chi connectivity index (χ0) is 8.77. The third kappa shape index (κ3) is 1.01. The number of rotatable bonds is 0. The van der Waals surface area contributed by atoms with Gasteiger partial charge in [0.25, 0.3) is 0 Å². The van der Waals surface area contributed by atoms with Crippen molar-refractivity contribution in [1.29, 1.82) is 0 Å². The first-order chi connectivity index (χ1) is 5.61. The summed E-state index contributed by atoms with van der Waals surface area (Å²) in [5.41, 5.74) is -0.958. The molecule has 4 heteroatoms. The van der Waals surface area contributed by atoms with Gasteiger partial charge in [0, 0.05) is 10.6 Å². The molecule has 0 fully saturated rings. The van der Waals surface area contributed by atoms with Gasteiger partial charge in [0.2, 0.25) is 0 Å². The summed E-state index contributed by atoms with van der Waals surface area (Å²) < 4.78 is 5.14. The van der Waals surface area contributed by atoms with Crippen LogP contribution in [-0.2, 0) is 5.50 Å². The van der Waals surface area contributed by atoms with Gasteiger partial charge in [-0.1, -0.05) is 17.7 Å². The molecule has 12 heavy (non-hydrogen) atoms. The summed E-state index contributed by atoms with van der Waals surface area (Å²) in [6.45, 7) is 0.0616. The minimum Gasteiger partial charge on any atom is -0.491 e. The highest BCUT2D eigenvalue weighted by Gasteiger charge is 2.35. The topological polar surface area (TPSA) is 29.5 Å². The second kappa shape index (κ2) is 2.41. The zero-order valence-electron chi connectivity index (χ0n) is 6.25. The van der Waals surface area contributed by atoms with Gasteiger partial charge in [-0.05, 0) is 12.1 Å². The molecule has 0 aromatic heterocycles. The quantitative estimate of drug-likeness (QED) is 0.605. The van der Waals surface area contributed by atoms with Crippen molar-refractivity contribution in [2.45, 2.75) is 5.50 Å². The van der Waals surface area contributed by atoms with Crippen molar-refractivity contribution in [2.75, 3.05) is 6.61 Å². The molecule has 1 aliphatic rings. The molecule has 2 nitrogen and oxygen atoms in total. The van der Waals surface area contributed by atoms with Crippen LogP contribution in [-0.4, -0.2) is 19.6 Å². The van der Waals surface area contributed by atoms with Crippen molar-refractivity contribution >= 4 is 19.4 Å². The van der Waals surface area contributed by atoms with E-state index in [1.54, 1.807) is 18.2 Å². The minimum absolute atomic E-state index is 0.0616. The van der Waals surface area contributed by atoms with E-state index < -0.39 is 5.50 Å². The van der Waals surface area contributed by atoms with Crippen LogP contribution in [0.25, 0.3) is 0 Å². The van der Waals surface area contributed by atoms with Crippen LogP contribution in [0.2, 0.25) is 5.02 Å². The Kier molecular flexibility index (Phi) is 1.60. The molecule has 2 rings (SSSR count). The average molecular weight is 180 g/mol. The predicted molar refractivity (Wildman–Crippen MR) is 46.6 cm³/mol. The summed E-state index contributed by atoms with van der Waals surface area (Å²) in [5.74, 6) is 0.563. The summed E-state index contributed by atoms with van der Waals surface area (Å²) in [5, 5.41) is 10.0. The normalized spacial score (nSPS) is 26.5. The highest BCUT2D eigenvalue weighted by Crippen LogP contribution is 2.39. The van der Waals surface area contributed by atoms with Crippen LogP contribution in [0.4, 0.5) is 0 Å². The Balaban J connectivity index is 2.64. The SMILES string of the molecule is [B]C1(O)COc2cccc(Cl)c21. The van der Waals surface area contributed by atoms with Gasteiger partial charge in [0.15, 0.2) is 0 Å². The number of fused-ring (bicyclic) bond motifs is 1. The van der Waals surface area contributed by atoms with Gasteiger partial charge in [0.05, 0.1) is 5.50 Å². The molecule has 2 radical (unpaired) electrons. The minimum atomic E-state index is -1.44. The summed E-state index contributed by atoms with van der Waals surface area (Å²) in [6, 6.07) is 5.15. The molecule has 0 spiro atoms. The summed E-state index contributed by atoms with van der Waals surface area (Å²) >= 11 is 5.83. The number of aliphatic hydroxyl groups is 1. The van der Waals surface area contributed by atoms with E-state index in [2.05, 4.69) is 0 Å². The van der Waals surface area contributed by atoms with Gasteiger partial charge in [-0.2, -0.15) is 0 Å². The first-order valence-corrected chi connectivity index (χ1v) is 3.92. The maximum absolute atomic E-state index is 9.60. The first-order valence-electron chi connectivity index (χ1n) is 3.54. The fraction of sp³-hybridized carbons (Fsp3) is 0.250. The standard InChI is InChI=1S/C8H6BClO2/c9-8(11)4-12-6-3-1-2-5(10)7(6)8/h1-3,11H,4H2. The Morgan fingerprint density at radius 1 is 1.58 bits per heavy atom. The van der Waals surface area contributed by atoms with Crippen molar-refractivity contribution < 1.29 is 9.84 Å². The Bertz CT molecular complexity index is 325. The van der Waals surface area contributed by atoms with Crippen LogP contribution in [0.5, 0.6) is 5.75 Å². The molecule has 1 atom stereocenters. The van der Waals surface area contributed by atoms with Crippen molar-refractivity contribution in [2.24, 2.45) is 0 Å². The number of ether oxygens (including phenoxy) is 1. The second-order valence-electron chi connectivity index (χ2n) is 2.83. The van der Waals surface area contributed by atoms with Crippen molar-refractivity contribution in [3.8, 4) is 5.75 Å². The van der Waals surface area contributed by atoms with Gasteiger partial charge >= 0.3 is 0 Å². The lowest BCUT2D eigenvalue weighted by Crippen LogP contribution is -2.27. The summed E-state index contributed by atoms with van der Waals surface area (Å²) in [7, 11) is 5.54. The molecular formula is C8H6BClO2. The average Bonchev–Trinajstić information content (AvgIpc) is 2.29. The third-order valence-electron chi connectivity index (χ3n) is 1.86. The van der Waals surface area contributed by atoms with Gasteiger partial charge in [-0.15, -0.1) is 0 Å². The molecule has 0 amide bonds. The molecule has 1 heterocycles. The molecule has 1 aliphatic heterocycles. The molecule has 0 aliphatic carbocycles. The fourth-order valence-corrected chi connectivity index (χ4v) is 1.63. The smallest absolute Gasteiger partial charge is 0.126 e. The molecule has 1 N–H and O–H groups in total. The molecule has 60 valence electrons. The van der Waals surface area contributed by atoms with E-state index in [0.29, 0.717) is 16.3 Å². The fourth-order valence-electron chi connectivity index (χ4n) is 1.30. The van der Waals surface area contributed by atoms with Crippen molar-refractivity contribution in [3.05, 3.63) is 28.8 Å². The van der Waals surface area contributed by atoms with Crippen LogP contribution in [0.15, 0.2) is 18.2 Å². The maximum atomic E-state index is 9.60. The van der Waals surface area contributed by atoms with E-state index in [9.17, 15) is 5.11 Å². The predicted octanol–water partition coefficient (Wildman–Crippen LogP) is 1.05. The van der Waals surface area contributed by atoms with Crippen LogP contribution < -0.4 is 4.74 Å². The van der Waals surface area contributed by atoms with Crippen LogP contribution >= 0.6 is 11.6 Å². The van der Waals surface area contributed by atoms with E-state index in [4.69, 9.17) is 24.2 Å².